The smallest absolute Gasteiger partial charge is 0.257 e. The number of rotatable bonds is 5. The Morgan fingerprint density at radius 3 is 2.71 bits per heavy atom. The molecule has 0 saturated heterocycles. The van der Waals surface area contributed by atoms with Gasteiger partial charge in [-0.3, -0.25) is 10.1 Å². The number of aromatic nitrogens is 2. The number of hydrogen-bond donors (Lipinski definition) is 1. The lowest BCUT2D eigenvalue weighted by Gasteiger charge is -2.11. The summed E-state index contributed by atoms with van der Waals surface area (Å²) in [5.74, 6) is 0.344. The van der Waals surface area contributed by atoms with Crippen molar-refractivity contribution < 1.29 is 4.79 Å². The van der Waals surface area contributed by atoms with E-state index in [1.165, 1.54) is 24.2 Å². The van der Waals surface area contributed by atoms with Crippen LogP contribution in [-0.4, -0.2) is 22.1 Å². The van der Waals surface area contributed by atoms with Gasteiger partial charge >= 0.3 is 0 Å². The van der Waals surface area contributed by atoms with Crippen molar-refractivity contribution in [2.24, 2.45) is 5.92 Å². The van der Waals surface area contributed by atoms with Crippen LogP contribution >= 0.6 is 39.0 Å². The molecule has 0 unspecified atom stereocenters. The summed E-state index contributed by atoms with van der Waals surface area (Å²) < 4.78 is 0.894. The Hall–Kier alpha value is -1.18. The Balaban J connectivity index is 1.86. The van der Waals surface area contributed by atoms with Gasteiger partial charge in [-0.1, -0.05) is 30.3 Å². The van der Waals surface area contributed by atoms with Gasteiger partial charge in [0.05, 0.1) is 15.0 Å². The van der Waals surface area contributed by atoms with Gasteiger partial charge in [0.1, 0.15) is 0 Å². The number of thioether (sulfide) groups is 1. The molecule has 1 N–H and O–H groups in total. The Labute approximate surface area is 158 Å². The summed E-state index contributed by atoms with van der Waals surface area (Å²) in [4.78, 5) is 21.4. The van der Waals surface area contributed by atoms with Crippen molar-refractivity contribution >= 4 is 55.6 Å². The van der Waals surface area contributed by atoms with Crippen molar-refractivity contribution in [3.63, 3.8) is 0 Å². The summed E-state index contributed by atoms with van der Waals surface area (Å²) in [6, 6.07) is 3.92. The molecule has 2 heterocycles. The van der Waals surface area contributed by atoms with Crippen LogP contribution in [0.5, 0.6) is 0 Å². The maximum atomic E-state index is 12.8. The highest BCUT2D eigenvalue weighted by Crippen LogP contribution is 2.30. The van der Waals surface area contributed by atoms with Crippen molar-refractivity contribution in [3.8, 4) is 0 Å². The first-order chi connectivity index (χ1) is 11.7. The van der Waals surface area contributed by atoms with Gasteiger partial charge in [-0.05, 0) is 53.1 Å². The zero-order valence-corrected chi connectivity index (χ0v) is 16.5. The molecule has 0 atom stereocenters. The second kappa shape index (κ2) is 8.27. The summed E-state index contributed by atoms with van der Waals surface area (Å²) in [5, 5.41) is 4.44. The minimum Gasteiger partial charge on any atom is -0.298 e. The van der Waals surface area contributed by atoms with Crippen molar-refractivity contribution in [2.75, 3.05) is 11.6 Å². The molecule has 126 valence electrons. The predicted molar refractivity (Wildman–Crippen MR) is 104 cm³/mol. The van der Waals surface area contributed by atoms with Crippen LogP contribution in [0.25, 0.3) is 5.57 Å². The van der Waals surface area contributed by atoms with E-state index in [-0.39, 0.29) is 5.91 Å². The fraction of sp³-hybridized carbons (Fsp3) is 0.353. The fourth-order valence-corrected chi connectivity index (χ4v) is 4.26. The summed E-state index contributed by atoms with van der Waals surface area (Å²) in [7, 11) is 0. The van der Waals surface area contributed by atoms with E-state index in [0.29, 0.717) is 16.6 Å². The molecule has 0 bridgehead atoms. The molecule has 1 aliphatic rings. The van der Waals surface area contributed by atoms with E-state index in [2.05, 4.69) is 37.3 Å². The third kappa shape index (κ3) is 4.46. The molecule has 0 aliphatic heterocycles. The van der Waals surface area contributed by atoms with Crippen LogP contribution in [0.4, 0.5) is 5.13 Å². The maximum Gasteiger partial charge on any atom is 0.257 e. The minimum absolute atomic E-state index is 0.123. The molecule has 24 heavy (non-hydrogen) atoms. The number of nitrogens with one attached hydrogen (secondary N) is 1. The topological polar surface area (TPSA) is 54.9 Å². The zero-order chi connectivity index (χ0) is 16.9. The third-order valence-electron chi connectivity index (χ3n) is 4.00. The van der Waals surface area contributed by atoms with Crippen molar-refractivity contribution in [3.05, 3.63) is 40.0 Å². The van der Waals surface area contributed by atoms with E-state index in [9.17, 15) is 4.79 Å². The predicted octanol–water partition coefficient (Wildman–Crippen LogP) is 5.23. The van der Waals surface area contributed by atoms with Crippen LogP contribution in [0.1, 0.15) is 31.2 Å². The summed E-state index contributed by atoms with van der Waals surface area (Å²) in [5.41, 5.74) is 1.54. The molecular formula is C17H18BrN3OS2. The van der Waals surface area contributed by atoms with Gasteiger partial charge in [0, 0.05) is 17.3 Å². The normalized spacial score (nSPS) is 15.7. The van der Waals surface area contributed by atoms with Gasteiger partial charge in [0.25, 0.3) is 5.91 Å². The maximum absolute atomic E-state index is 12.8. The number of carbonyl (C=O) groups is 1. The first-order valence-corrected chi connectivity index (χ1v) is 10.6. The van der Waals surface area contributed by atoms with E-state index < -0.39 is 0 Å². The molecule has 2 aromatic rings. The van der Waals surface area contributed by atoms with Gasteiger partial charge < -0.3 is 0 Å². The number of halogens is 1. The summed E-state index contributed by atoms with van der Waals surface area (Å²) in [6.45, 7) is 0. The number of carbonyl (C=O) groups excluding carboxylic acids is 1. The highest BCUT2D eigenvalue weighted by atomic mass is 79.9. The molecule has 1 saturated carbocycles. The average Bonchev–Trinajstić information content (AvgIpc) is 3.24. The zero-order valence-electron chi connectivity index (χ0n) is 13.3. The molecule has 1 amide bonds. The molecule has 0 radical (unpaired) electrons. The summed E-state index contributed by atoms with van der Waals surface area (Å²) in [6.07, 6.45) is 12.3. The number of nitrogens with zero attached hydrogens (tertiary/aromatic N) is 2. The van der Waals surface area contributed by atoms with Gasteiger partial charge in [0.15, 0.2) is 5.13 Å². The Bertz CT molecular complexity index is 737. The number of thiazole rings is 1. The van der Waals surface area contributed by atoms with E-state index >= 15 is 0 Å². The average molecular weight is 424 g/mol. The number of anilines is 1. The number of allylic oxidation sites excluding steroid dienone is 1. The Kier molecular flexibility index (Phi) is 6.08. The van der Waals surface area contributed by atoms with Gasteiger partial charge in [0.2, 0.25) is 0 Å². The minimum atomic E-state index is -0.123. The highest BCUT2D eigenvalue weighted by molar-refractivity contribution is 9.11. The second-order valence-electron chi connectivity index (χ2n) is 5.64. The van der Waals surface area contributed by atoms with Crippen LogP contribution in [0, 0.1) is 5.92 Å². The van der Waals surface area contributed by atoms with Crippen LogP contribution < -0.4 is 5.32 Å². The lowest BCUT2D eigenvalue weighted by atomic mass is 9.99. The first-order valence-electron chi connectivity index (χ1n) is 7.80. The van der Waals surface area contributed by atoms with E-state index in [4.69, 9.17) is 0 Å². The second-order valence-corrected chi connectivity index (χ2v) is 8.87. The summed E-state index contributed by atoms with van der Waals surface area (Å²) >= 11 is 6.36. The molecule has 1 aliphatic carbocycles. The van der Waals surface area contributed by atoms with Crippen molar-refractivity contribution in [1.82, 2.24) is 9.97 Å². The van der Waals surface area contributed by atoms with E-state index in [1.54, 1.807) is 24.2 Å². The van der Waals surface area contributed by atoms with E-state index in [0.717, 1.165) is 27.2 Å². The molecule has 2 aromatic heterocycles. The highest BCUT2D eigenvalue weighted by Gasteiger charge is 2.19. The quantitative estimate of drug-likeness (QED) is 0.527. The van der Waals surface area contributed by atoms with Crippen LogP contribution in [-0.2, 0) is 4.79 Å². The molecule has 1 fully saturated rings. The van der Waals surface area contributed by atoms with Crippen LogP contribution in [0.2, 0.25) is 0 Å². The van der Waals surface area contributed by atoms with Gasteiger partial charge in [-0.25, -0.2) is 9.97 Å². The van der Waals surface area contributed by atoms with Crippen molar-refractivity contribution in [1.29, 1.82) is 0 Å². The first kappa shape index (κ1) is 17.6. The third-order valence-corrected chi connectivity index (χ3v) is 6.05. The molecule has 0 aromatic carbocycles. The largest absolute Gasteiger partial charge is 0.298 e. The van der Waals surface area contributed by atoms with Gasteiger partial charge in [-0.2, -0.15) is 0 Å². The molecular weight excluding hydrogens is 406 g/mol. The number of amides is 1. The Morgan fingerprint density at radius 2 is 2.12 bits per heavy atom. The van der Waals surface area contributed by atoms with Crippen LogP contribution in [0.3, 0.4) is 0 Å². The van der Waals surface area contributed by atoms with E-state index in [1.807, 2.05) is 18.4 Å². The van der Waals surface area contributed by atoms with Crippen LogP contribution in [0.15, 0.2) is 39.4 Å². The lowest BCUT2D eigenvalue weighted by Crippen LogP contribution is -2.14. The fourth-order valence-electron chi connectivity index (χ4n) is 2.80. The Morgan fingerprint density at radius 1 is 1.33 bits per heavy atom. The monoisotopic (exact) mass is 423 g/mol. The number of hydrogen-bond acceptors (Lipinski definition) is 5. The molecule has 0 spiro atoms. The SMILES string of the molecule is CSc1ccc(C(=CC2CCCC2)C(=O)Nc2ncc(Br)s2)cn1. The lowest BCUT2D eigenvalue weighted by molar-refractivity contribution is -0.111. The molecule has 4 nitrogen and oxygen atoms in total. The van der Waals surface area contributed by atoms with Gasteiger partial charge in [-0.15, -0.1) is 11.8 Å². The molecule has 3 rings (SSSR count). The van der Waals surface area contributed by atoms with Crippen molar-refractivity contribution in [2.45, 2.75) is 30.7 Å². The standard InChI is InChI=1S/C17H18BrN3OS2/c1-23-15-7-6-12(9-19-15)13(8-11-4-2-3-5-11)16(22)21-17-20-10-14(18)24-17/h6-11H,2-5H2,1H3,(H,20,21,22). The number of pyridine rings is 1. The molecule has 7 heteroatoms.